The van der Waals surface area contributed by atoms with Crippen molar-refractivity contribution in [3.05, 3.63) is 75.3 Å². The molecule has 0 radical (unpaired) electrons. The molecule has 0 saturated carbocycles. The number of benzene rings is 2. The molecule has 0 aliphatic carbocycles. The number of fused-ring (bicyclic) bond motifs is 1. The van der Waals surface area contributed by atoms with Crippen molar-refractivity contribution < 1.29 is 14.3 Å². The fourth-order valence-electron chi connectivity index (χ4n) is 3.34. The second-order valence-electron chi connectivity index (χ2n) is 6.60. The van der Waals surface area contributed by atoms with Crippen LogP contribution in [0, 0.1) is 0 Å². The first-order valence-corrected chi connectivity index (χ1v) is 9.55. The van der Waals surface area contributed by atoms with Crippen LogP contribution >= 0.6 is 15.9 Å². The summed E-state index contributed by atoms with van der Waals surface area (Å²) in [5.41, 5.74) is 4.08. The zero-order valence-electron chi connectivity index (χ0n) is 14.4. The Balaban J connectivity index is 1.37. The average molecular weight is 414 g/mol. The second-order valence-corrected chi connectivity index (χ2v) is 7.45. The Morgan fingerprint density at radius 1 is 1.15 bits per heavy atom. The summed E-state index contributed by atoms with van der Waals surface area (Å²) in [6.45, 7) is 3.76. The van der Waals surface area contributed by atoms with Crippen LogP contribution in [-0.4, -0.2) is 30.6 Å². The number of nitrogens with zero attached hydrogens (tertiary/aromatic N) is 1. The second kappa shape index (κ2) is 7.64. The van der Waals surface area contributed by atoms with Gasteiger partial charge < -0.3 is 9.47 Å². The van der Waals surface area contributed by atoms with Crippen LogP contribution < -0.4 is 4.74 Å². The molecule has 0 bridgehead atoms. The van der Waals surface area contributed by atoms with Gasteiger partial charge in [0.2, 0.25) is 0 Å². The number of carbonyl (C=O) groups is 1. The minimum absolute atomic E-state index is 0.272. The largest absolute Gasteiger partial charge is 0.488 e. The predicted molar refractivity (Wildman–Crippen MR) is 103 cm³/mol. The number of esters is 1. The maximum absolute atomic E-state index is 11.7. The molecule has 4 rings (SSSR count). The topological polar surface area (TPSA) is 38.8 Å². The third-order valence-electron chi connectivity index (χ3n) is 4.82. The molecule has 0 fully saturated rings. The molecule has 0 N–H and O–H groups in total. The lowest BCUT2D eigenvalue weighted by Crippen LogP contribution is -2.29. The van der Waals surface area contributed by atoms with Crippen molar-refractivity contribution in [2.75, 3.05) is 19.7 Å². The summed E-state index contributed by atoms with van der Waals surface area (Å²) in [4.78, 5) is 14.1. The molecule has 2 aliphatic heterocycles. The van der Waals surface area contributed by atoms with Gasteiger partial charge in [-0.2, -0.15) is 0 Å². The summed E-state index contributed by atoms with van der Waals surface area (Å²) >= 11 is 3.52. The van der Waals surface area contributed by atoms with E-state index in [1.165, 1.54) is 11.1 Å². The van der Waals surface area contributed by atoms with Crippen molar-refractivity contribution in [3.63, 3.8) is 0 Å². The van der Waals surface area contributed by atoms with E-state index in [4.69, 9.17) is 9.47 Å². The Kier molecular flexibility index (Phi) is 5.09. The van der Waals surface area contributed by atoms with Crippen LogP contribution in [0.5, 0.6) is 5.75 Å². The lowest BCUT2D eigenvalue weighted by atomic mass is 10.1. The molecule has 2 heterocycles. The van der Waals surface area contributed by atoms with Crippen molar-refractivity contribution in [2.45, 2.75) is 19.6 Å². The van der Waals surface area contributed by atoms with Gasteiger partial charge in [0, 0.05) is 25.2 Å². The Hall–Kier alpha value is -2.11. The van der Waals surface area contributed by atoms with Crippen molar-refractivity contribution in [2.24, 2.45) is 0 Å². The monoisotopic (exact) mass is 413 g/mol. The zero-order valence-corrected chi connectivity index (χ0v) is 16.0. The van der Waals surface area contributed by atoms with Crippen LogP contribution in [0.15, 0.2) is 58.6 Å². The standard InChI is InChI=1S/C21H20BrNO3/c22-19-7-6-17-18(14-26-21(17)24)20(19)25-13-16-8-10-23(11-9-16)12-15-4-2-1-3-5-15/h1-8H,9-14H2. The van der Waals surface area contributed by atoms with E-state index in [-0.39, 0.29) is 12.6 Å². The highest BCUT2D eigenvalue weighted by Crippen LogP contribution is 2.36. The summed E-state index contributed by atoms with van der Waals surface area (Å²) < 4.78 is 12.0. The van der Waals surface area contributed by atoms with E-state index in [2.05, 4.69) is 51.2 Å². The van der Waals surface area contributed by atoms with Gasteiger partial charge in [-0.1, -0.05) is 36.4 Å². The van der Waals surface area contributed by atoms with Crippen LogP contribution in [0.3, 0.4) is 0 Å². The van der Waals surface area contributed by atoms with Gasteiger partial charge in [0.05, 0.1) is 10.0 Å². The molecule has 0 aromatic heterocycles. The van der Waals surface area contributed by atoms with E-state index in [0.717, 1.165) is 41.8 Å². The number of ether oxygens (including phenoxy) is 2. The molecule has 0 unspecified atom stereocenters. The summed E-state index contributed by atoms with van der Waals surface area (Å²) in [7, 11) is 0. The minimum Gasteiger partial charge on any atom is -0.488 e. The quantitative estimate of drug-likeness (QED) is 0.539. The molecular formula is C21H20BrNO3. The van der Waals surface area contributed by atoms with Gasteiger partial charge in [-0.25, -0.2) is 4.79 Å². The first-order valence-electron chi connectivity index (χ1n) is 8.76. The van der Waals surface area contributed by atoms with Crippen molar-refractivity contribution >= 4 is 21.9 Å². The normalized spacial score (nSPS) is 16.8. The molecule has 0 saturated heterocycles. The first kappa shape index (κ1) is 17.3. The lowest BCUT2D eigenvalue weighted by Gasteiger charge is -2.26. The van der Waals surface area contributed by atoms with E-state index in [0.29, 0.717) is 12.2 Å². The SMILES string of the molecule is O=C1OCc2c1ccc(Br)c2OCC1=CCN(Cc2ccccc2)CC1. The Morgan fingerprint density at radius 2 is 2.00 bits per heavy atom. The van der Waals surface area contributed by atoms with E-state index >= 15 is 0 Å². The van der Waals surface area contributed by atoms with Crippen LogP contribution in [-0.2, 0) is 17.9 Å². The third kappa shape index (κ3) is 3.69. The number of cyclic esters (lactones) is 1. The lowest BCUT2D eigenvalue weighted by molar-refractivity contribution is 0.0534. The van der Waals surface area contributed by atoms with E-state index in [1.807, 2.05) is 12.1 Å². The molecule has 2 aromatic carbocycles. The maximum Gasteiger partial charge on any atom is 0.339 e. The summed E-state index contributed by atoms with van der Waals surface area (Å²) in [6, 6.07) is 14.2. The number of hydrogen-bond donors (Lipinski definition) is 0. The van der Waals surface area contributed by atoms with Crippen molar-refractivity contribution in [1.82, 2.24) is 4.90 Å². The number of carbonyl (C=O) groups excluding carboxylic acids is 1. The van der Waals surface area contributed by atoms with Gasteiger partial charge in [0.25, 0.3) is 0 Å². The molecule has 26 heavy (non-hydrogen) atoms. The molecule has 0 spiro atoms. The predicted octanol–water partition coefficient (Wildman–Crippen LogP) is 4.33. The van der Waals surface area contributed by atoms with Gasteiger partial charge in [-0.3, -0.25) is 4.90 Å². The Labute approximate surface area is 161 Å². The van der Waals surface area contributed by atoms with Gasteiger partial charge >= 0.3 is 5.97 Å². The van der Waals surface area contributed by atoms with Crippen LogP contribution in [0.4, 0.5) is 0 Å². The highest BCUT2D eigenvalue weighted by Gasteiger charge is 2.26. The average Bonchev–Trinajstić information content (AvgIpc) is 3.04. The van der Waals surface area contributed by atoms with Crippen molar-refractivity contribution in [3.8, 4) is 5.75 Å². The molecular weight excluding hydrogens is 394 g/mol. The van der Waals surface area contributed by atoms with Crippen LogP contribution in [0.25, 0.3) is 0 Å². The van der Waals surface area contributed by atoms with Gasteiger partial charge in [0.15, 0.2) is 0 Å². The highest BCUT2D eigenvalue weighted by molar-refractivity contribution is 9.10. The van der Waals surface area contributed by atoms with E-state index < -0.39 is 0 Å². The van der Waals surface area contributed by atoms with Crippen LogP contribution in [0.2, 0.25) is 0 Å². The molecule has 134 valence electrons. The smallest absolute Gasteiger partial charge is 0.339 e. The molecule has 2 aromatic rings. The molecule has 2 aliphatic rings. The number of halogens is 1. The highest BCUT2D eigenvalue weighted by atomic mass is 79.9. The first-order chi connectivity index (χ1) is 12.7. The fourth-order valence-corrected chi connectivity index (χ4v) is 3.83. The van der Waals surface area contributed by atoms with E-state index in [9.17, 15) is 4.79 Å². The summed E-state index contributed by atoms with van der Waals surface area (Å²) in [6.07, 6.45) is 3.25. The Bertz CT molecular complexity index is 848. The van der Waals surface area contributed by atoms with Gasteiger partial charge in [-0.15, -0.1) is 0 Å². The van der Waals surface area contributed by atoms with Gasteiger partial charge in [0.1, 0.15) is 19.0 Å². The molecule has 5 heteroatoms. The van der Waals surface area contributed by atoms with E-state index in [1.54, 1.807) is 6.07 Å². The number of rotatable bonds is 5. The zero-order chi connectivity index (χ0) is 17.9. The molecule has 0 amide bonds. The van der Waals surface area contributed by atoms with Crippen molar-refractivity contribution in [1.29, 1.82) is 0 Å². The van der Waals surface area contributed by atoms with Gasteiger partial charge in [-0.05, 0) is 45.6 Å². The molecule has 0 atom stereocenters. The summed E-state index contributed by atoms with van der Waals surface area (Å²) in [5, 5.41) is 0. The summed E-state index contributed by atoms with van der Waals surface area (Å²) in [5.74, 6) is 0.451. The Morgan fingerprint density at radius 3 is 2.77 bits per heavy atom. The molecule has 4 nitrogen and oxygen atoms in total. The minimum atomic E-state index is -0.272. The third-order valence-corrected chi connectivity index (χ3v) is 5.44. The van der Waals surface area contributed by atoms with Crippen LogP contribution in [0.1, 0.15) is 27.9 Å². The number of hydrogen-bond acceptors (Lipinski definition) is 4. The maximum atomic E-state index is 11.7. The fraction of sp³-hybridized carbons (Fsp3) is 0.286.